The van der Waals surface area contributed by atoms with Gasteiger partial charge in [-0.25, -0.2) is 8.42 Å². The SMILES string of the molecule is O=C(O)Cc1ccc(NC(=O)[C@H](COC2CCCCO2)NS(=O)(=O)c2ccc(I)cc2)cc1. The Morgan fingerprint density at radius 1 is 1.12 bits per heavy atom. The van der Waals surface area contributed by atoms with Crippen molar-refractivity contribution in [2.24, 2.45) is 0 Å². The minimum atomic E-state index is -3.99. The summed E-state index contributed by atoms with van der Waals surface area (Å²) in [6, 6.07) is 11.3. The summed E-state index contributed by atoms with van der Waals surface area (Å²) in [6.07, 6.45) is 1.90. The number of carboxylic acid groups (broad SMARTS) is 1. The molecule has 3 N–H and O–H groups in total. The van der Waals surface area contributed by atoms with Crippen LogP contribution in [-0.2, 0) is 35.5 Å². The summed E-state index contributed by atoms with van der Waals surface area (Å²) in [4.78, 5) is 23.8. The fourth-order valence-electron chi connectivity index (χ4n) is 3.19. The van der Waals surface area contributed by atoms with E-state index < -0.39 is 34.2 Å². The van der Waals surface area contributed by atoms with Gasteiger partial charge in [-0.15, -0.1) is 0 Å². The number of hydrogen-bond acceptors (Lipinski definition) is 6. The minimum absolute atomic E-state index is 0.0349. The van der Waals surface area contributed by atoms with Crippen LogP contribution in [0, 0.1) is 3.57 Å². The number of carbonyl (C=O) groups is 2. The number of amides is 1. The summed E-state index contributed by atoms with van der Waals surface area (Å²) in [5.74, 6) is -1.56. The van der Waals surface area contributed by atoms with Crippen molar-refractivity contribution in [3.63, 3.8) is 0 Å². The van der Waals surface area contributed by atoms with Crippen molar-refractivity contribution in [2.75, 3.05) is 18.5 Å². The van der Waals surface area contributed by atoms with E-state index in [0.29, 0.717) is 24.3 Å². The first-order valence-corrected chi connectivity index (χ1v) is 12.9. The van der Waals surface area contributed by atoms with E-state index in [4.69, 9.17) is 14.6 Å². The number of rotatable bonds is 10. The van der Waals surface area contributed by atoms with Gasteiger partial charge in [0.1, 0.15) is 6.04 Å². The Bertz CT molecular complexity index is 1050. The number of hydrogen-bond donors (Lipinski definition) is 3. The lowest BCUT2D eigenvalue weighted by Crippen LogP contribution is -2.47. The van der Waals surface area contributed by atoms with Crippen LogP contribution in [0.2, 0.25) is 0 Å². The van der Waals surface area contributed by atoms with Crippen molar-refractivity contribution in [1.82, 2.24) is 4.72 Å². The van der Waals surface area contributed by atoms with Crippen molar-refractivity contribution < 1.29 is 32.6 Å². The van der Waals surface area contributed by atoms with Crippen molar-refractivity contribution >= 4 is 50.2 Å². The van der Waals surface area contributed by atoms with Gasteiger partial charge >= 0.3 is 5.97 Å². The third kappa shape index (κ3) is 8.03. The Morgan fingerprint density at radius 3 is 2.42 bits per heavy atom. The fourth-order valence-corrected chi connectivity index (χ4v) is 4.73. The second-order valence-corrected chi connectivity index (χ2v) is 10.5. The smallest absolute Gasteiger partial charge is 0.307 e. The first kappa shape index (κ1) is 25.6. The molecule has 1 amide bonds. The Balaban J connectivity index is 1.72. The van der Waals surface area contributed by atoms with Gasteiger partial charge in [0.25, 0.3) is 0 Å². The van der Waals surface area contributed by atoms with Gasteiger partial charge in [0.05, 0.1) is 17.9 Å². The minimum Gasteiger partial charge on any atom is -0.481 e. The highest BCUT2D eigenvalue weighted by molar-refractivity contribution is 14.1. The molecule has 1 heterocycles. The third-order valence-corrected chi connectivity index (χ3v) is 7.11. The van der Waals surface area contributed by atoms with Gasteiger partial charge < -0.3 is 19.9 Å². The molecule has 0 spiro atoms. The van der Waals surface area contributed by atoms with Crippen LogP contribution in [0.5, 0.6) is 0 Å². The molecular formula is C22H25IN2O7S. The predicted octanol–water partition coefficient (Wildman–Crippen LogP) is 2.75. The third-order valence-electron chi connectivity index (χ3n) is 4.90. The Hall–Kier alpha value is -2.06. The van der Waals surface area contributed by atoms with E-state index in [0.717, 1.165) is 16.4 Å². The van der Waals surface area contributed by atoms with Crippen LogP contribution < -0.4 is 10.0 Å². The summed E-state index contributed by atoms with van der Waals surface area (Å²) in [5.41, 5.74) is 0.982. The Labute approximate surface area is 206 Å². The maximum absolute atomic E-state index is 13.0. The van der Waals surface area contributed by atoms with E-state index in [9.17, 15) is 18.0 Å². The summed E-state index contributed by atoms with van der Waals surface area (Å²) in [7, 11) is -3.99. The predicted molar refractivity (Wildman–Crippen MR) is 129 cm³/mol. The van der Waals surface area contributed by atoms with Crippen LogP contribution >= 0.6 is 22.6 Å². The number of halogens is 1. The number of ether oxygens (including phenoxy) is 2. The molecule has 2 aromatic carbocycles. The molecule has 2 aromatic rings. The number of benzene rings is 2. The monoisotopic (exact) mass is 588 g/mol. The van der Waals surface area contributed by atoms with E-state index in [1.807, 2.05) is 0 Å². The quantitative estimate of drug-likeness (QED) is 0.364. The number of nitrogens with one attached hydrogen (secondary N) is 2. The van der Waals surface area contributed by atoms with E-state index in [1.54, 1.807) is 36.4 Å². The zero-order chi connectivity index (χ0) is 23.8. The average molecular weight is 588 g/mol. The molecule has 0 saturated carbocycles. The van der Waals surface area contributed by atoms with Crippen molar-refractivity contribution in [3.05, 3.63) is 57.7 Å². The molecule has 1 saturated heterocycles. The molecule has 1 aliphatic rings. The molecule has 9 nitrogen and oxygen atoms in total. The molecule has 3 rings (SSSR count). The van der Waals surface area contributed by atoms with Crippen LogP contribution in [0.25, 0.3) is 0 Å². The number of anilines is 1. The maximum atomic E-state index is 13.0. The van der Waals surface area contributed by atoms with Gasteiger partial charge in [0, 0.05) is 15.9 Å². The fraction of sp³-hybridized carbons (Fsp3) is 0.364. The first-order chi connectivity index (χ1) is 15.7. The molecule has 1 fully saturated rings. The molecule has 1 aliphatic heterocycles. The van der Waals surface area contributed by atoms with E-state index >= 15 is 0 Å². The van der Waals surface area contributed by atoms with Crippen molar-refractivity contribution in [2.45, 2.75) is 42.9 Å². The molecule has 0 aromatic heterocycles. The van der Waals surface area contributed by atoms with Gasteiger partial charge in [-0.1, -0.05) is 12.1 Å². The molecule has 33 heavy (non-hydrogen) atoms. The van der Waals surface area contributed by atoms with Crippen LogP contribution in [0.15, 0.2) is 53.4 Å². The summed E-state index contributed by atoms with van der Waals surface area (Å²) < 4.78 is 40.3. The van der Waals surface area contributed by atoms with Crippen molar-refractivity contribution in [3.8, 4) is 0 Å². The maximum Gasteiger partial charge on any atom is 0.307 e. The van der Waals surface area contributed by atoms with Crippen LogP contribution in [-0.4, -0.2) is 50.9 Å². The molecule has 178 valence electrons. The normalized spacial score (nSPS) is 17.3. The van der Waals surface area contributed by atoms with Crippen molar-refractivity contribution in [1.29, 1.82) is 0 Å². The highest BCUT2D eigenvalue weighted by atomic mass is 127. The zero-order valence-corrected chi connectivity index (χ0v) is 20.7. The zero-order valence-electron chi connectivity index (χ0n) is 17.7. The molecule has 0 radical (unpaired) electrons. The highest BCUT2D eigenvalue weighted by Crippen LogP contribution is 2.17. The molecule has 2 atom stereocenters. The molecule has 1 unspecified atom stereocenters. The van der Waals surface area contributed by atoms with Crippen LogP contribution in [0.3, 0.4) is 0 Å². The lowest BCUT2D eigenvalue weighted by atomic mass is 10.1. The second kappa shape index (κ2) is 11.9. The molecular weight excluding hydrogens is 563 g/mol. The van der Waals surface area contributed by atoms with Crippen LogP contribution in [0.4, 0.5) is 5.69 Å². The van der Waals surface area contributed by atoms with E-state index in [-0.39, 0.29) is 17.9 Å². The standard InChI is InChI=1S/C22H25IN2O7S/c23-16-6-10-18(11-7-16)33(29,30)25-19(14-32-21-3-1-2-12-31-21)22(28)24-17-8-4-15(5-9-17)13-20(26)27/h4-11,19,21,25H,1-3,12-14H2,(H,24,28)(H,26,27)/t19-,21?/m0/s1. The number of sulfonamides is 1. The van der Waals surface area contributed by atoms with Gasteiger partial charge in [-0.3, -0.25) is 9.59 Å². The Morgan fingerprint density at radius 2 is 1.82 bits per heavy atom. The summed E-state index contributed by atoms with van der Waals surface area (Å²) in [6.45, 7) is 0.343. The van der Waals surface area contributed by atoms with Gasteiger partial charge in [0.15, 0.2) is 6.29 Å². The number of carboxylic acids is 1. The largest absolute Gasteiger partial charge is 0.481 e. The topological polar surface area (TPSA) is 131 Å². The van der Waals surface area contributed by atoms with E-state index in [1.165, 1.54) is 12.1 Å². The lowest BCUT2D eigenvalue weighted by Gasteiger charge is -2.25. The van der Waals surface area contributed by atoms with Crippen LogP contribution in [0.1, 0.15) is 24.8 Å². The summed E-state index contributed by atoms with van der Waals surface area (Å²) in [5, 5.41) is 11.5. The lowest BCUT2D eigenvalue weighted by molar-refractivity contribution is -0.166. The first-order valence-electron chi connectivity index (χ1n) is 10.4. The number of aliphatic carboxylic acids is 1. The highest BCUT2D eigenvalue weighted by Gasteiger charge is 2.28. The summed E-state index contributed by atoms with van der Waals surface area (Å²) >= 11 is 2.07. The number of carbonyl (C=O) groups excluding carboxylic acids is 1. The van der Waals surface area contributed by atoms with Gasteiger partial charge in [0.2, 0.25) is 15.9 Å². The average Bonchev–Trinajstić information content (AvgIpc) is 2.78. The van der Waals surface area contributed by atoms with Gasteiger partial charge in [-0.2, -0.15) is 4.72 Å². The second-order valence-electron chi connectivity index (χ2n) is 7.51. The molecule has 0 bridgehead atoms. The Kier molecular flexibility index (Phi) is 9.20. The van der Waals surface area contributed by atoms with E-state index in [2.05, 4.69) is 32.6 Å². The van der Waals surface area contributed by atoms with Gasteiger partial charge in [-0.05, 0) is 83.8 Å². The molecule has 11 heteroatoms. The molecule has 0 aliphatic carbocycles.